The first kappa shape index (κ1) is 11.0. The van der Waals surface area contributed by atoms with Gasteiger partial charge in [0.2, 0.25) is 5.91 Å². The van der Waals surface area contributed by atoms with E-state index in [1.54, 1.807) is 0 Å². The molecule has 16 heavy (non-hydrogen) atoms. The number of carbonyl (C=O) groups is 1. The van der Waals surface area contributed by atoms with Crippen LogP contribution < -0.4 is 5.32 Å². The van der Waals surface area contributed by atoms with Gasteiger partial charge in [-0.2, -0.15) is 8.75 Å². The number of carbonyl (C=O) groups excluding carboxylic acids is 1. The summed E-state index contributed by atoms with van der Waals surface area (Å²) in [7, 11) is 0. The lowest BCUT2D eigenvalue weighted by molar-refractivity contribution is -0.123. The molecule has 0 aliphatic rings. The molecule has 4 nitrogen and oxygen atoms in total. The fraction of sp³-hybridized carbons (Fsp3) is 0.364. The van der Waals surface area contributed by atoms with E-state index in [1.165, 1.54) is 11.7 Å². The Hall–Kier alpha value is -1.49. The lowest BCUT2D eigenvalue weighted by Gasteiger charge is -2.17. The number of benzene rings is 1. The quantitative estimate of drug-likeness (QED) is 0.826. The van der Waals surface area contributed by atoms with E-state index in [0.717, 1.165) is 16.7 Å². The predicted octanol–water partition coefficient (Wildman–Crippen LogP) is 2.68. The molecule has 0 atom stereocenters. The van der Waals surface area contributed by atoms with Gasteiger partial charge < -0.3 is 5.32 Å². The molecule has 1 N–H and O–H groups in total. The first-order valence-electron chi connectivity index (χ1n) is 5.00. The molecule has 1 amide bonds. The number of nitrogens with zero attached hydrogens (tertiary/aromatic N) is 2. The van der Waals surface area contributed by atoms with Crippen molar-refractivity contribution in [3.05, 3.63) is 18.2 Å². The molecule has 0 bridgehead atoms. The van der Waals surface area contributed by atoms with Crippen LogP contribution in [0.3, 0.4) is 0 Å². The van der Waals surface area contributed by atoms with Gasteiger partial charge in [-0.05, 0) is 18.2 Å². The Morgan fingerprint density at radius 2 is 1.94 bits per heavy atom. The molecule has 0 aliphatic carbocycles. The summed E-state index contributed by atoms with van der Waals surface area (Å²) in [6, 6.07) is 5.53. The second kappa shape index (κ2) is 3.83. The van der Waals surface area contributed by atoms with Crippen LogP contribution in [0.5, 0.6) is 0 Å². The maximum Gasteiger partial charge on any atom is 0.229 e. The normalized spacial score (nSPS) is 11.7. The second-order valence-corrected chi connectivity index (χ2v) is 5.20. The van der Waals surface area contributed by atoms with Gasteiger partial charge in [-0.1, -0.05) is 20.8 Å². The van der Waals surface area contributed by atoms with Crippen LogP contribution >= 0.6 is 11.7 Å². The number of rotatable bonds is 1. The van der Waals surface area contributed by atoms with Crippen molar-refractivity contribution in [2.75, 3.05) is 5.32 Å². The summed E-state index contributed by atoms with van der Waals surface area (Å²) in [5, 5.41) is 2.86. The summed E-state index contributed by atoms with van der Waals surface area (Å²) >= 11 is 1.17. The van der Waals surface area contributed by atoms with Gasteiger partial charge >= 0.3 is 0 Å². The van der Waals surface area contributed by atoms with Gasteiger partial charge in [0, 0.05) is 11.1 Å². The maximum atomic E-state index is 11.8. The number of fused-ring (bicyclic) bond motifs is 1. The molecule has 0 saturated heterocycles. The van der Waals surface area contributed by atoms with Crippen molar-refractivity contribution < 1.29 is 4.79 Å². The van der Waals surface area contributed by atoms with Gasteiger partial charge in [-0.15, -0.1) is 0 Å². The molecule has 1 aromatic carbocycles. The van der Waals surface area contributed by atoms with E-state index < -0.39 is 5.41 Å². The molecule has 0 unspecified atom stereocenters. The molecule has 2 aromatic rings. The van der Waals surface area contributed by atoms with Crippen molar-refractivity contribution in [1.82, 2.24) is 8.75 Å². The van der Waals surface area contributed by atoms with Crippen LogP contribution in [0, 0.1) is 5.41 Å². The highest BCUT2D eigenvalue weighted by atomic mass is 32.1. The lowest BCUT2D eigenvalue weighted by Crippen LogP contribution is -2.27. The standard InChI is InChI=1S/C11H13N3OS/c1-11(2,3)10(15)12-7-4-5-8-9(6-7)14-16-13-8/h4-6H,1-3H3,(H,12,15). The average Bonchev–Trinajstić information content (AvgIpc) is 2.63. The highest BCUT2D eigenvalue weighted by molar-refractivity contribution is 7.00. The highest BCUT2D eigenvalue weighted by Gasteiger charge is 2.21. The van der Waals surface area contributed by atoms with Gasteiger partial charge in [0.15, 0.2) is 0 Å². The zero-order chi connectivity index (χ0) is 11.8. The summed E-state index contributed by atoms with van der Waals surface area (Å²) in [6.07, 6.45) is 0. The number of anilines is 1. The monoisotopic (exact) mass is 235 g/mol. The van der Waals surface area contributed by atoms with E-state index in [2.05, 4.69) is 14.1 Å². The molecule has 84 valence electrons. The van der Waals surface area contributed by atoms with E-state index in [-0.39, 0.29) is 5.91 Å². The molecule has 5 heteroatoms. The number of hydrogen-bond donors (Lipinski definition) is 1. The lowest BCUT2D eigenvalue weighted by atomic mass is 9.95. The molecular formula is C11H13N3OS. The third-order valence-corrected chi connectivity index (χ3v) is 2.75. The molecule has 0 radical (unpaired) electrons. The van der Waals surface area contributed by atoms with Crippen LogP contribution in [0.4, 0.5) is 5.69 Å². The SMILES string of the molecule is CC(C)(C)C(=O)Nc1ccc2nsnc2c1. The minimum atomic E-state index is -0.394. The summed E-state index contributed by atoms with van der Waals surface area (Å²) in [4.78, 5) is 11.8. The van der Waals surface area contributed by atoms with Gasteiger partial charge in [-0.25, -0.2) is 0 Å². The molecule has 2 rings (SSSR count). The minimum Gasteiger partial charge on any atom is -0.326 e. The van der Waals surface area contributed by atoms with E-state index in [9.17, 15) is 4.79 Å². The Morgan fingerprint density at radius 3 is 2.62 bits per heavy atom. The Morgan fingerprint density at radius 1 is 1.25 bits per heavy atom. The van der Waals surface area contributed by atoms with Crippen molar-refractivity contribution in [2.24, 2.45) is 5.41 Å². The number of hydrogen-bond acceptors (Lipinski definition) is 4. The van der Waals surface area contributed by atoms with E-state index >= 15 is 0 Å². The van der Waals surface area contributed by atoms with Crippen LogP contribution in [0.2, 0.25) is 0 Å². The second-order valence-electron chi connectivity index (χ2n) is 4.67. The van der Waals surface area contributed by atoms with Gasteiger partial charge in [0.1, 0.15) is 11.0 Å². The number of aromatic nitrogens is 2. The molecule has 0 spiro atoms. The molecule has 0 saturated carbocycles. The fourth-order valence-corrected chi connectivity index (χ4v) is 1.70. The Kier molecular flexibility index (Phi) is 2.63. The topological polar surface area (TPSA) is 54.9 Å². The van der Waals surface area contributed by atoms with Crippen LogP contribution in [-0.2, 0) is 4.79 Å². The molecular weight excluding hydrogens is 222 g/mol. The van der Waals surface area contributed by atoms with Crippen molar-refractivity contribution in [1.29, 1.82) is 0 Å². The third-order valence-electron chi connectivity index (χ3n) is 2.19. The Labute approximate surface area is 98.0 Å². The summed E-state index contributed by atoms with van der Waals surface area (Å²) in [6.45, 7) is 5.64. The zero-order valence-corrected chi connectivity index (χ0v) is 10.3. The van der Waals surface area contributed by atoms with E-state index in [0.29, 0.717) is 0 Å². The smallest absolute Gasteiger partial charge is 0.229 e. The number of amides is 1. The molecule has 0 fully saturated rings. The minimum absolute atomic E-state index is 0.00459. The third kappa shape index (κ3) is 2.19. The maximum absolute atomic E-state index is 11.8. The summed E-state index contributed by atoms with van der Waals surface area (Å²) in [5.41, 5.74) is 2.05. The van der Waals surface area contributed by atoms with Gasteiger partial charge in [0.25, 0.3) is 0 Å². The fourth-order valence-electron chi connectivity index (χ4n) is 1.18. The van der Waals surface area contributed by atoms with E-state index in [1.807, 2.05) is 39.0 Å². The number of nitrogens with one attached hydrogen (secondary N) is 1. The average molecular weight is 235 g/mol. The van der Waals surface area contributed by atoms with Gasteiger partial charge in [-0.3, -0.25) is 4.79 Å². The first-order chi connectivity index (χ1) is 7.47. The summed E-state index contributed by atoms with van der Waals surface area (Å²) < 4.78 is 8.23. The van der Waals surface area contributed by atoms with E-state index in [4.69, 9.17) is 0 Å². The molecule has 1 heterocycles. The zero-order valence-electron chi connectivity index (χ0n) is 9.44. The molecule has 1 aromatic heterocycles. The van der Waals surface area contributed by atoms with Crippen LogP contribution in [0.15, 0.2) is 18.2 Å². The largest absolute Gasteiger partial charge is 0.326 e. The van der Waals surface area contributed by atoms with Crippen molar-refractivity contribution in [2.45, 2.75) is 20.8 Å². The first-order valence-corrected chi connectivity index (χ1v) is 5.73. The van der Waals surface area contributed by atoms with Crippen molar-refractivity contribution >= 4 is 34.4 Å². The van der Waals surface area contributed by atoms with Crippen molar-refractivity contribution in [3.63, 3.8) is 0 Å². The summed E-state index contributed by atoms with van der Waals surface area (Å²) in [5.74, 6) is -0.00459. The Balaban J connectivity index is 2.24. The van der Waals surface area contributed by atoms with Crippen LogP contribution in [0.1, 0.15) is 20.8 Å². The van der Waals surface area contributed by atoms with Crippen LogP contribution in [0.25, 0.3) is 11.0 Å². The van der Waals surface area contributed by atoms with Gasteiger partial charge in [0.05, 0.1) is 11.7 Å². The highest BCUT2D eigenvalue weighted by Crippen LogP contribution is 2.20. The Bertz CT molecular complexity index is 527. The van der Waals surface area contributed by atoms with Crippen LogP contribution in [-0.4, -0.2) is 14.7 Å². The molecule has 0 aliphatic heterocycles. The van der Waals surface area contributed by atoms with Crippen molar-refractivity contribution in [3.8, 4) is 0 Å². The predicted molar refractivity (Wildman–Crippen MR) is 65.5 cm³/mol.